The largest absolute Gasteiger partial charge is 0.455 e. The topological polar surface area (TPSA) is 90.0 Å². The summed E-state index contributed by atoms with van der Waals surface area (Å²) in [4.78, 5) is 47.0. The van der Waals surface area contributed by atoms with Crippen molar-refractivity contribution in [3.05, 3.63) is 0 Å². The number of amides is 2. The van der Waals surface area contributed by atoms with E-state index in [0.29, 0.717) is 6.42 Å². The van der Waals surface area contributed by atoms with E-state index in [1.54, 1.807) is 20.8 Å². The van der Waals surface area contributed by atoms with Gasteiger partial charge in [-0.3, -0.25) is 19.2 Å². The first-order chi connectivity index (χ1) is 9.72. The summed E-state index contributed by atoms with van der Waals surface area (Å²) in [6.07, 6.45) is -0.173. The van der Waals surface area contributed by atoms with Gasteiger partial charge < -0.3 is 9.47 Å². The number of imide groups is 1. The molecule has 0 aliphatic carbocycles. The maximum Gasteiger partial charge on any atom is 0.312 e. The Labute approximate surface area is 123 Å². The Morgan fingerprint density at radius 3 is 2.38 bits per heavy atom. The minimum Gasteiger partial charge on any atom is -0.455 e. The average molecular weight is 299 g/mol. The van der Waals surface area contributed by atoms with Crippen LogP contribution in [0.25, 0.3) is 0 Å². The molecule has 0 N–H and O–H groups in total. The van der Waals surface area contributed by atoms with Gasteiger partial charge in [0, 0.05) is 6.42 Å². The van der Waals surface area contributed by atoms with Crippen LogP contribution < -0.4 is 0 Å². The number of nitrogens with zero attached hydrogens (tertiary/aromatic N) is 1. The van der Waals surface area contributed by atoms with Crippen molar-refractivity contribution >= 4 is 23.8 Å². The lowest BCUT2D eigenvalue weighted by Gasteiger charge is -2.37. The number of esters is 2. The highest BCUT2D eigenvalue weighted by Gasteiger charge is 2.43. The predicted octanol–water partition coefficient (Wildman–Crippen LogP) is 1.00. The molecule has 1 saturated heterocycles. The molecule has 1 aliphatic heterocycles. The molecule has 0 bridgehead atoms. The Hall–Kier alpha value is -1.92. The Morgan fingerprint density at radius 2 is 1.90 bits per heavy atom. The summed E-state index contributed by atoms with van der Waals surface area (Å²) in [7, 11) is 0. The zero-order chi connectivity index (χ0) is 16.2. The van der Waals surface area contributed by atoms with E-state index >= 15 is 0 Å². The second-order valence-electron chi connectivity index (χ2n) is 5.47. The minimum atomic E-state index is -0.879. The van der Waals surface area contributed by atoms with Crippen LogP contribution in [0, 0.1) is 5.41 Å². The van der Waals surface area contributed by atoms with Gasteiger partial charge in [-0.1, -0.05) is 13.8 Å². The molecule has 0 spiro atoms. The van der Waals surface area contributed by atoms with Crippen molar-refractivity contribution in [3.8, 4) is 0 Å². The van der Waals surface area contributed by atoms with Gasteiger partial charge in [0.25, 0.3) is 5.91 Å². The van der Waals surface area contributed by atoms with Crippen LogP contribution in [0.4, 0.5) is 0 Å². The molecule has 0 aromatic rings. The highest BCUT2D eigenvalue weighted by atomic mass is 16.6. The highest BCUT2D eigenvalue weighted by molar-refractivity contribution is 6.01. The molecule has 7 heteroatoms. The van der Waals surface area contributed by atoms with E-state index in [-0.39, 0.29) is 12.8 Å². The third kappa shape index (κ3) is 4.03. The van der Waals surface area contributed by atoms with Crippen LogP contribution in [0.15, 0.2) is 0 Å². The molecule has 0 aromatic carbocycles. The molecule has 21 heavy (non-hydrogen) atoms. The Bertz CT molecular complexity index is 456. The van der Waals surface area contributed by atoms with E-state index in [0.717, 1.165) is 4.90 Å². The summed E-state index contributed by atoms with van der Waals surface area (Å²) in [5, 5.41) is 0. The number of carbonyl (C=O) groups is 4. The second-order valence-corrected chi connectivity index (χ2v) is 5.47. The molecule has 0 aromatic heterocycles. The van der Waals surface area contributed by atoms with Gasteiger partial charge in [-0.05, 0) is 20.3 Å². The Kier molecular flexibility index (Phi) is 5.46. The molecule has 2 amide bonds. The van der Waals surface area contributed by atoms with Gasteiger partial charge in [-0.15, -0.1) is 0 Å². The predicted molar refractivity (Wildman–Crippen MR) is 71.7 cm³/mol. The first-order valence-corrected chi connectivity index (χ1v) is 6.94. The number of likely N-dealkylation sites (tertiary alicyclic amines) is 1. The van der Waals surface area contributed by atoms with Crippen LogP contribution in [0.2, 0.25) is 0 Å². The summed E-state index contributed by atoms with van der Waals surface area (Å²) >= 11 is 0. The quantitative estimate of drug-likeness (QED) is 0.537. The van der Waals surface area contributed by atoms with Crippen molar-refractivity contribution in [2.45, 2.75) is 53.2 Å². The molecule has 1 atom stereocenters. The van der Waals surface area contributed by atoms with Crippen LogP contribution >= 0.6 is 0 Å². The van der Waals surface area contributed by atoms with Crippen LogP contribution in [0.5, 0.6) is 0 Å². The smallest absolute Gasteiger partial charge is 0.312 e. The fourth-order valence-electron chi connectivity index (χ4n) is 1.55. The van der Waals surface area contributed by atoms with Crippen molar-refractivity contribution in [1.29, 1.82) is 0 Å². The van der Waals surface area contributed by atoms with Crippen molar-refractivity contribution in [3.63, 3.8) is 0 Å². The van der Waals surface area contributed by atoms with E-state index in [9.17, 15) is 19.2 Å². The normalized spacial score (nSPS) is 18.0. The van der Waals surface area contributed by atoms with Gasteiger partial charge in [-0.2, -0.15) is 0 Å². The van der Waals surface area contributed by atoms with Gasteiger partial charge in [0.15, 0.2) is 12.8 Å². The zero-order valence-electron chi connectivity index (χ0n) is 12.8. The first-order valence-electron chi connectivity index (χ1n) is 6.94. The molecule has 1 unspecified atom stereocenters. The lowest BCUT2D eigenvalue weighted by atomic mass is 9.91. The number of hydrogen-bond donors (Lipinski definition) is 0. The van der Waals surface area contributed by atoms with E-state index in [4.69, 9.17) is 9.47 Å². The number of ether oxygens (including phenoxy) is 2. The van der Waals surface area contributed by atoms with Crippen molar-refractivity contribution < 1.29 is 28.7 Å². The summed E-state index contributed by atoms with van der Waals surface area (Å²) in [6.45, 7) is 6.33. The van der Waals surface area contributed by atoms with Gasteiger partial charge in [-0.25, -0.2) is 4.90 Å². The molecule has 1 rings (SSSR count). The zero-order valence-corrected chi connectivity index (χ0v) is 12.8. The molecule has 1 aliphatic rings. The number of β-lactam (4-membered cyclic amide) rings is 1. The number of carbonyl (C=O) groups excluding carboxylic acids is 4. The maximum atomic E-state index is 11.9. The van der Waals surface area contributed by atoms with E-state index in [1.807, 2.05) is 6.92 Å². The first kappa shape index (κ1) is 17.1. The average Bonchev–Trinajstić information content (AvgIpc) is 2.43. The van der Waals surface area contributed by atoms with Crippen molar-refractivity contribution in [1.82, 2.24) is 4.90 Å². The molecule has 0 saturated carbocycles. The lowest BCUT2D eigenvalue weighted by Crippen LogP contribution is -2.58. The SMILES string of the molecule is CCC(=O)OC1CC(=O)N1C(=O)COC(=O)C(C)(C)CC. The van der Waals surface area contributed by atoms with Crippen molar-refractivity contribution in [2.75, 3.05) is 6.61 Å². The minimum absolute atomic E-state index is 0.0219. The number of rotatable bonds is 6. The fourth-order valence-corrected chi connectivity index (χ4v) is 1.55. The van der Waals surface area contributed by atoms with E-state index < -0.39 is 42.0 Å². The molecule has 1 heterocycles. The van der Waals surface area contributed by atoms with Crippen molar-refractivity contribution in [2.24, 2.45) is 5.41 Å². The second kappa shape index (κ2) is 6.69. The third-order valence-corrected chi connectivity index (χ3v) is 3.49. The Balaban J connectivity index is 2.53. The van der Waals surface area contributed by atoms with E-state index in [1.165, 1.54) is 0 Å². The van der Waals surface area contributed by atoms with Gasteiger partial charge >= 0.3 is 11.9 Å². The molecule has 1 fully saturated rings. The van der Waals surface area contributed by atoms with Gasteiger partial charge in [0.05, 0.1) is 11.8 Å². The molecule has 118 valence electrons. The Morgan fingerprint density at radius 1 is 1.29 bits per heavy atom. The van der Waals surface area contributed by atoms with Crippen LogP contribution in [-0.2, 0) is 28.7 Å². The summed E-state index contributed by atoms with van der Waals surface area (Å²) < 4.78 is 9.86. The van der Waals surface area contributed by atoms with E-state index in [2.05, 4.69) is 0 Å². The van der Waals surface area contributed by atoms with Crippen LogP contribution in [0.1, 0.15) is 47.0 Å². The molecule has 0 radical (unpaired) electrons. The summed E-state index contributed by atoms with van der Waals surface area (Å²) in [5.41, 5.74) is -0.687. The maximum absolute atomic E-state index is 11.9. The summed E-state index contributed by atoms with van der Waals surface area (Å²) in [6, 6.07) is 0. The molecular weight excluding hydrogens is 278 g/mol. The fraction of sp³-hybridized carbons (Fsp3) is 0.714. The monoisotopic (exact) mass is 299 g/mol. The molecule has 7 nitrogen and oxygen atoms in total. The number of hydrogen-bond acceptors (Lipinski definition) is 6. The summed E-state index contributed by atoms with van der Waals surface area (Å²) in [5.74, 6) is -2.12. The molecular formula is C14H21NO6. The lowest BCUT2D eigenvalue weighted by molar-refractivity contribution is -0.190. The third-order valence-electron chi connectivity index (χ3n) is 3.49. The van der Waals surface area contributed by atoms with Gasteiger partial charge in [0.1, 0.15) is 0 Å². The standard InChI is InChI=1S/C14H21NO6/c1-5-12(18)21-11-7-9(16)15(11)10(17)8-20-13(19)14(3,4)6-2/h11H,5-8H2,1-4H3. The van der Waals surface area contributed by atoms with Crippen LogP contribution in [-0.4, -0.2) is 41.5 Å². The highest BCUT2D eigenvalue weighted by Crippen LogP contribution is 2.23. The van der Waals surface area contributed by atoms with Gasteiger partial charge in [0.2, 0.25) is 5.91 Å². The van der Waals surface area contributed by atoms with Crippen LogP contribution in [0.3, 0.4) is 0 Å².